The van der Waals surface area contributed by atoms with Crippen LogP contribution in [0.2, 0.25) is 0 Å². The number of nitrogen functional groups attached to an aromatic ring is 1. The number of anilines is 1. The Morgan fingerprint density at radius 2 is 2.29 bits per heavy atom. The average molecular weight is 236 g/mol. The summed E-state index contributed by atoms with van der Waals surface area (Å²) in [5, 5.41) is 2.81. The van der Waals surface area contributed by atoms with Gasteiger partial charge in [0.1, 0.15) is 0 Å². The lowest BCUT2D eigenvalue weighted by Gasteiger charge is -2.05. The summed E-state index contributed by atoms with van der Waals surface area (Å²) in [5.41, 5.74) is 7.48. The summed E-state index contributed by atoms with van der Waals surface area (Å²) in [5.74, 6) is 0.0483. The van der Waals surface area contributed by atoms with Crippen molar-refractivity contribution in [3.63, 3.8) is 0 Å². The molecule has 0 heterocycles. The summed E-state index contributed by atoms with van der Waals surface area (Å²) in [6, 6.07) is 7.61. The molecular formula is C13H20N2O2. The van der Waals surface area contributed by atoms with Crippen molar-refractivity contribution >= 4 is 11.6 Å². The number of hydrogen-bond acceptors (Lipinski definition) is 3. The second-order valence-corrected chi connectivity index (χ2v) is 3.79. The molecule has 0 unspecified atom stereocenters. The van der Waals surface area contributed by atoms with Crippen LogP contribution in [0.4, 0.5) is 5.69 Å². The zero-order valence-electron chi connectivity index (χ0n) is 10.2. The van der Waals surface area contributed by atoms with E-state index < -0.39 is 0 Å². The molecule has 0 fully saturated rings. The Morgan fingerprint density at radius 1 is 1.47 bits per heavy atom. The van der Waals surface area contributed by atoms with Crippen LogP contribution in [-0.4, -0.2) is 25.7 Å². The van der Waals surface area contributed by atoms with Crippen molar-refractivity contribution in [3.8, 4) is 0 Å². The van der Waals surface area contributed by atoms with Gasteiger partial charge in [-0.25, -0.2) is 0 Å². The number of aryl methyl sites for hydroxylation is 1. The third kappa shape index (κ3) is 5.92. The number of rotatable bonds is 7. The molecule has 4 heteroatoms. The number of nitrogens with one attached hydrogen (secondary N) is 1. The van der Waals surface area contributed by atoms with Gasteiger partial charge in [-0.15, -0.1) is 0 Å². The molecule has 0 atom stereocenters. The standard InChI is InChI=1S/C13H20N2O2/c1-2-17-9-8-15-13(16)7-6-11-4-3-5-12(14)10-11/h3-5,10H,2,6-9,14H2,1H3,(H,15,16). The Balaban J connectivity index is 2.19. The van der Waals surface area contributed by atoms with Crippen molar-refractivity contribution in [3.05, 3.63) is 29.8 Å². The number of amides is 1. The van der Waals surface area contributed by atoms with Crippen LogP contribution in [0.15, 0.2) is 24.3 Å². The highest BCUT2D eigenvalue weighted by Crippen LogP contribution is 2.08. The van der Waals surface area contributed by atoms with E-state index in [0.29, 0.717) is 32.6 Å². The van der Waals surface area contributed by atoms with Crippen LogP contribution in [0, 0.1) is 0 Å². The van der Waals surface area contributed by atoms with Crippen LogP contribution in [0.3, 0.4) is 0 Å². The van der Waals surface area contributed by atoms with E-state index in [1.54, 1.807) is 0 Å². The zero-order valence-corrected chi connectivity index (χ0v) is 10.2. The van der Waals surface area contributed by atoms with E-state index in [1.807, 2.05) is 31.2 Å². The first-order valence-corrected chi connectivity index (χ1v) is 5.91. The smallest absolute Gasteiger partial charge is 0.220 e. The molecule has 0 saturated carbocycles. The molecule has 0 aromatic heterocycles. The van der Waals surface area contributed by atoms with E-state index in [4.69, 9.17) is 10.5 Å². The number of benzene rings is 1. The largest absolute Gasteiger partial charge is 0.399 e. The predicted molar refractivity (Wildman–Crippen MR) is 68.7 cm³/mol. The second-order valence-electron chi connectivity index (χ2n) is 3.79. The van der Waals surface area contributed by atoms with Crippen molar-refractivity contribution < 1.29 is 9.53 Å². The summed E-state index contributed by atoms with van der Waals surface area (Å²) >= 11 is 0. The Labute approximate surface area is 102 Å². The summed E-state index contributed by atoms with van der Waals surface area (Å²) in [6.07, 6.45) is 1.20. The minimum absolute atomic E-state index is 0.0483. The minimum Gasteiger partial charge on any atom is -0.399 e. The van der Waals surface area contributed by atoms with Crippen LogP contribution in [0.25, 0.3) is 0 Å². The van der Waals surface area contributed by atoms with E-state index in [-0.39, 0.29) is 5.91 Å². The molecule has 0 spiro atoms. The first kappa shape index (κ1) is 13.5. The SMILES string of the molecule is CCOCCNC(=O)CCc1cccc(N)c1. The monoisotopic (exact) mass is 236 g/mol. The molecule has 1 aromatic rings. The van der Waals surface area contributed by atoms with Gasteiger partial charge in [0.05, 0.1) is 6.61 Å². The lowest BCUT2D eigenvalue weighted by Crippen LogP contribution is -2.27. The van der Waals surface area contributed by atoms with Gasteiger partial charge in [0.25, 0.3) is 0 Å². The molecule has 4 nitrogen and oxygen atoms in total. The maximum atomic E-state index is 11.5. The highest BCUT2D eigenvalue weighted by Gasteiger charge is 2.01. The van der Waals surface area contributed by atoms with Crippen molar-refractivity contribution in [2.45, 2.75) is 19.8 Å². The molecule has 1 amide bonds. The lowest BCUT2D eigenvalue weighted by molar-refractivity contribution is -0.121. The summed E-state index contributed by atoms with van der Waals surface area (Å²) in [6.45, 7) is 3.75. The van der Waals surface area contributed by atoms with E-state index in [9.17, 15) is 4.79 Å². The number of hydrogen-bond donors (Lipinski definition) is 2. The van der Waals surface area contributed by atoms with Crippen molar-refractivity contribution in [2.75, 3.05) is 25.5 Å². The predicted octanol–water partition coefficient (Wildman–Crippen LogP) is 1.35. The van der Waals surface area contributed by atoms with Crippen molar-refractivity contribution in [1.82, 2.24) is 5.32 Å². The molecule has 1 aromatic carbocycles. The van der Waals surface area contributed by atoms with Crippen LogP contribution < -0.4 is 11.1 Å². The van der Waals surface area contributed by atoms with E-state index in [1.165, 1.54) is 0 Å². The fourth-order valence-electron chi connectivity index (χ4n) is 1.50. The van der Waals surface area contributed by atoms with Gasteiger partial charge in [-0.2, -0.15) is 0 Å². The molecule has 0 aliphatic rings. The van der Waals surface area contributed by atoms with Crippen LogP contribution in [-0.2, 0) is 16.0 Å². The molecule has 0 aliphatic carbocycles. The number of ether oxygens (including phenoxy) is 1. The number of carbonyl (C=O) groups excluding carboxylic acids is 1. The normalized spacial score (nSPS) is 10.2. The molecule has 17 heavy (non-hydrogen) atoms. The highest BCUT2D eigenvalue weighted by atomic mass is 16.5. The van der Waals surface area contributed by atoms with Crippen LogP contribution >= 0.6 is 0 Å². The quantitative estimate of drug-likeness (QED) is 0.555. The van der Waals surface area contributed by atoms with Gasteiger partial charge in [-0.3, -0.25) is 4.79 Å². The second kappa shape index (κ2) is 7.68. The van der Waals surface area contributed by atoms with Crippen molar-refractivity contribution in [1.29, 1.82) is 0 Å². The molecule has 0 aliphatic heterocycles. The fraction of sp³-hybridized carbons (Fsp3) is 0.462. The Kier molecular flexibility index (Phi) is 6.10. The lowest BCUT2D eigenvalue weighted by atomic mass is 10.1. The number of nitrogens with two attached hydrogens (primary N) is 1. The number of carbonyl (C=O) groups is 1. The van der Waals surface area contributed by atoms with E-state index in [0.717, 1.165) is 11.3 Å². The third-order valence-electron chi connectivity index (χ3n) is 2.36. The summed E-state index contributed by atoms with van der Waals surface area (Å²) in [4.78, 5) is 11.5. The van der Waals surface area contributed by atoms with Crippen molar-refractivity contribution in [2.24, 2.45) is 0 Å². The molecule has 3 N–H and O–H groups in total. The summed E-state index contributed by atoms with van der Waals surface area (Å²) < 4.78 is 5.13. The molecule has 0 radical (unpaired) electrons. The Morgan fingerprint density at radius 3 is 3.00 bits per heavy atom. The van der Waals surface area contributed by atoms with Gasteiger partial charge in [-0.1, -0.05) is 12.1 Å². The van der Waals surface area contributed by atoms with Gasteiger partial charge >= 0.3 is 0 Å². The van der Waals surface area contributed by atoms with E-state index in [2.05, 4.69) is 5.32 Å². The molecule has 0 saturated heterocycles. The zero-order chi connectivity index (χ0) is 12.5. The Hall–Kier alpha value is -1.55. The Bertz CT molecular complexity index is 353. The van der Waals surface area contributed by atoms with Crippen LogP contribution in [0.5, 0.6) is 0 Å². The minimum atomic E-state index is 0.0483. The average Bonchev–Trinajstić information content (AvgIpc) is 2.32. The van der Waals surface area contributed by atoms with Gasteiger partial charge in [0.2, 0.25) is 5.91 Å². The molecule has 1 rings (SSSR count). The summed E-state index contributed by atoms with van der Waals surface area (Å²) in [7, 11) is 0. The highest BCUT2D eigenvalue weighted by molar-refractivity contribution is 5.76. The van der Waals surface area contributed by atoms with E-state index >= 15 is 0 Å². The molecule has 0 bridgehead atoms. The first-order chi connectivity index (χ1) is 8.22. The maximum Gasteiger partial charge on any atom is 0.220 e. The molecule has 94 valence electrons. The van der Waals surface area contributed by atoms with Gasteiger partial charge in [0.15, 0.2) is 0 Å². The van der Waals surface area contributed by atoms with Crippen LogP contribution in [0.1, 0.15) is 18.9 Å². The van der Waals surface area contributed by atoms with Gasteiger partial charge in [-0.05, 0) is 31.0 Å². The van der Waals surface area contributed by atoms with Gasteiger partial charge < -0.3 is 15.8 Å². The third-order valence-corrected chi connectivity index (χ3v) is 2.36. The maximum absolute atomic E-state index is 11.5. The fourth-order valence-corrected chi connectivity index (χ4v) is 1.50. The van der Waals surface area contributed by atoms with Gasteiger partial charge in [0, 0.05) is 25.3 Å². The topological polar surface area (TPSA) is 64.3 Å². The molecular weight excluding hydrogens is 216 g/mol. The first-order valence-electron chi connectivity index (χ1n) is 5.91.